The molecular formula is C13H15ClN4. The molecule has 0 fully saturated rings. The lowest BCUT2D eigenvalue weighted by Gasteiger charge is -2.10. The van der Waals surface area contributed by atoms with E-state index in [-0.39, 0.29) is 0 Å². The van der Waals surface area contributed by atoms with E-state index in [1.807, 2.05) is 25.1 Å². The number of anilines is 1. The van der Waals surface area contributed by atoms with E-state index in [9.17, 15) is 0 Å². The zero-order chi connectivity index (χ0) is 12.8. The summed E-state index contributed by atoms with van der Waals surface area (Å²) in [7, 11) is 0. The van der Waals surface area contributed by atoms with Crippen LogP contribution in [-0.4, -0.2) is 21.5 Å². The topological polar surface area (TPSA) is 50.7 Å². The van der Waals surface area contributed by atoms with Crippen molar-refractivity contribution in [1.29, 1.82) is 0 Å². The Bertz CT molecular complexity index is 502. The van der Waals surface area contributed by atoms with E-state index >= 15 is 0 Å². The molecule has 94 valence electrons. The fourth-order valence-electron chi connectivity index (χ4n) is 1.71. The minimum Gasteiger partial charge on any atom is -0.369 e. The van der Waals surface area contributed by atoms with Crippen LogP contribution in [0.25, 0.3) is 0 Å². The van der Waals surface area contributed by atoms with Gasteiger partial charge in [0.2, 0.25) is 0 Å². The molecular weight excluding hydrogens is 248 g/mol. The zero-order valence-corrected chi connectivity index (χ0v) is 11.0. The molecule has 0 saturated carbocycles. The lowest BCUT2D eigenvalue weighted by molar-refractivity contribution is 0.939. The van der Waals surface area contributed by atoms with Crippen molar-refractivity contribution in [3.8, 4) is 0 Å². The monoisotopic (exact) mass is 262 g/mol. The van der Waals surface area contributed by atoms with E-state index in [4.69, 9.17) is 11.6 Å². The number of aromatic nitrogens is 3. The summed E-state index contributed by atoms with van der Waals surface area (Å²) < 4.78 is 0. The molecule has 2 aromatic rings. The summed E-state index contributed by atoms with van der Waals surface area (Å²) in [4.78, 5) is 12.5. The third kappa shape index (κ3) is 3.17. The molecule has 0 atom stereocenters. The van der Waals surface area contributed by atoms with E-state index in [2.05, 4.69) is 20.3 Å². The molecule has 4 nitrogen and oxygen atoms in total. The van der Waals surface area contributed by atoms with Gasteiger partial charge in [0.05, 0.1) is 0 Å². The zero-order valence-electron chi connectivity index (χ0n) is 10.2. The Morgan fingerprint density at radius 2 is 2.11 bits per heavy atom. The fraction of sp³-hybridized carbons (Fsp3) is 0.308. The Hall–Kier alpha value is -1.68. The van der Waals surface area contributed by atoms with E-state index < -0.39 is 0 Å². The van der Waals surface area contributed by atoms with Crippen molar-refractivity contribution in [2.45, 2.75) is 19.8 Å². The third-order valence-electron chi connectivity index (χ3n) is 2.65. The molecule has 0 spiro atoms. The molecule has 2 heterocycles. The van der Waals surface area contributed by atoms with Crippen molar-refractivity contribution in [1.82, 2.24) is 15.0 Å². The molecule has 0 bridgehead atoms. The summed E-state index contributed by atoms with van der Waals surface area (Å²) in [6, 6.07) is 5.91. The maximum absolute atomic E-state index is 6.02. The smallest absolute Gasteiger partial charge is 0.137 e. The molecule has 0 unspecified atom stereocenters. The number of hydrogen-bond donors (Lipinski definition) is 1. The maximum atomic E-state index is 6.02. The van der Waals surface area contributed by atoms with E-state index in [0.29, 0.717) is 5.15 Å². The van der Waals surface area contributed by atoms with Gasteiger partial charge in [-0.25, -0.2) is 9.97 Å². The summed E-state index contributed by atoms with van der Waals surface area (Å²) in [5.41, 5.74) is 2.02. The average molecular weight is 263 g/mol. The molecule has 0 amide bonds. The number of nitrogens with zero attached hydrogens (tertiary/aromatic N) is 3. The van der Waals surface area contributed by atoms with E-state index in [0.717, 1.165) is 36.5 Å². The van der Waals surface area contributed by atoms with Gasteiger partial charge in [-0.3, -0.25) is 4.98 Å². The number of nitrogens with one attached hydrogen (secondary N) is 1. The molecule has 18 heavy (non-hydrogen) atoms. The Morgan fingerprint density at radius 1 is 1.22 bits per heavy atom. The minimum atomic E-state index is 0.521. The van der Waals surface area contributed by atoms with E-state index in [1.165, 1.54) is 6.33 Å². The first-order chi connectivity index (χ1) is 8.81. The van der Waals surface area contributed by atoms with E-state index in [1.54, 1.807) is 6.20 Å². The molecule has 0 radical (unpaired) electrons. The van der Waals surface area contributed by atoms with Gasteiger partial charge in [-0.1, -0.05) is 24.6 Å². The normalized spacial score (nSPS) is 10.3. The van der Waals surface area contributed by atoms with Crippen molar-refractivity contribution in [3.63, 3.8) is 0 Å². The average Bonchev–Trinajstić information content (AvgIpc) is 2.40. The highest BCUT2D eigenvalue weighted by Gasteiger charge is 2.07. The van der Waals surface area contributed by atoms with Gasteiger partial charge in [0.1, 0.15) is 17.3 Å². The van der Waals surface area contributed by atoms with Gasteiger partial charge in [0.25, 0.3) is 0 Å². The number of halogens is 1. The minimum absolute atomic E-state index is 0.521. The fourth-order valence-corrected chi connectivity index (χ4v) is 1.98. The van der Waals surface area contributed by atoms with Gasteiger partial charge < -0.3 is 5.32 Å². The number of hydrogen-bond acceptors (Lipinski definition) is 4. The van der Waals surface area contributed by atoms with Crippen LogP contribution in [0.5, 0.6) is 0 Å². The highest BCUT2D eigenvalue weighted by molar-refractivity contribution is 6.30. The first-order valence-electron chi connectivity index (χ1n) is 5.94. The van der Waals surface area contributed by atoms with Crippen LogP contribution < -0.4 is 5.32 Å². The Labute approximate surface area is 111 Å². The molecule has 1 N–H and O–H groups in total. The predicted molar refractivity (Wildman–Crippen MR) is 72.9 cm³/mol. The van der Waals surface area contributed by atoms with Crippen molar-refractivity contribution in [2.75, 3.05) is 11.9 Å². The van der Waals surface area contributed by atoms with Crippen LogP contribution >= 0.6 is 11.6 Å². The van der Waals surface area contributed by atoms with Crippen molar-refractivity contribution >= 4 is 17.4 Å². The molecule has 0 aliphatic heterocycles. The molecule has 0 aromatic carbocycles. The van der Waals surface area contributed by atoms with Crippen LogP contribution in [0.2, 0.25) is 5.15 Å². The van der Waals surface area contributed by atoms with Gasteiger partial charge >= 0.3 is 0 Å². The largest absolute Gasteiger partial charge is 0.369 e. The standard InChI is InChI=1S/C13H15ClN4/c1-2-11-12(14)17-9-18-13(11)16-8-6-10-5-3-4-7-15-10/h3-5,7,9H,2,6,8H2,1H3,(H,16,17,18). The molecule has 0 saturated heterocycles. The first kappa shape index (κ1) is 12.8. The van der Waals surface area contributed by atoms with Crippen molar-refractivity contribution in [2.24, 2.45) is 0 Å². The molecule has 5 heteroatoms. The van der Waals surface area contributed by atoms with Crippen LogP contribution in [-0.2, 0) is 12.8 Å². The van der Waals surface area contributed by atoms with Crippen molar-refractivity contribution < 1.29 is 0 Å². The second-order valence-corrected chi connectivity index (χ2v) is 4.20. The summed E-state index contributed by atoms with van der Waals surface area (Å²) in [5.74, 6) is 0.813. The lowest BCUT2D eigenvalue weighted by atomic mass is 10.2. The van der Waals surface area contributed by atoms with Gasteiger partial charge in [-0.2, -0.15) is 0 Å². The summed E-state index contributed by atoms with van der Waals surface area (Å²) in [5, 5.41) is 3.80. The maximum Gasteiger partial charge on any atom is 0.137 e. The van der Waals surface area contributed by atoms with Gasteiger partial charge in [0, 0.05) is 30.4 Å². The summed E-state index contributed by atoms with van der Waals surface area (Å²) in [6.07, 6.45) is 4.94. The first-order valence-corrected chi connectivity index (χ1v) is 6.32. The highest BCUT2D eigenvalue weighted by Crippen LogP contribution is 2.19. The van der Waals surface area contributed by atoms with Crippen LogP contribution in [0.3, 0.4) is 0 Å². The van der Waals surface area contributed by atoms with Crippen LogP contribution in [0.4, 0.5) is 5.82 Å². The SMILES string of the molecule is CCc1c(Cl)ncnc1NCCc1ccccn1. The highest BCUT2D eigenvalue weighted by atomic mass is 35.5. The lowest BCUT2D eigenvalue weighted by Crippen LogP contribution is -2.09. The van der Waals surface area contributed by atoms with Gasteiger partial charge in [-0.05, 0) is 18.6 Å². The Balaban J connectivity index is 1.96. The Kier molecular flexibility index (Phi) is 4.47. The molecule has 0 aliphatic rings. The quantitative estimate of drug-likeness (QED) is 0.842. The van der Waals surface area contributed by atoms with Gasteiger partial charge in [-0.15, -0.1) is 0 Å². The van der Waals surface area contributed by atoms with Crippen LogP contribution in [0.1, 0.15) is 18.2 Å². The predicted octanol–water partition coefficient (Wildman–Crippen LogP) is 2.74. The Morgan fingerprint density at radius 3 is 2.83 bits per heavy atom. The molecule has 2 aromatic heterocycles. The van der Waals surface area contributed by atoms with Crippen molar-refractivity contribution in [3.05, 3.63) is 47.1 Å². The van der Waals surface area contributed by atoms with Crippen LogP contribution in [0.15, 0.2) is 30.7 Å². The van der Waals surface area contributed by atoms with Crippen LogP contribution in [0, 0.1) is 0 Å². The number of pyridine rings is 1. The third-order valence-corrected chi connectivity index (χ3v) is 2.97. The number of rotatable bonds is 5. The van der Waals surface area contributed by atoms with Gasteiger partial charge in [0.15, 0.2) is 0 Å². The molecule has 2 rings (SSSR count). The molecule has 0 aliphatic carbocycles. The second-order valence-electron chi connectivity index (χ2n) is 3.84. The summed E-state index contributed by atoms with van der Waals surface area (Å²) >= 11 is 6.02. The second kappa shape index (κ2) is 6.31. The summed E-state index contributed by atoms with van der Waals surface area (Å²) in [6.45, 7) is 2.81.